The quantitative estimate of drug-likeness (QED) is 0.704. The number of hydrogen-bond acceptors (Lipinski definition) is 5. The van der Waals surface area contributed by atoms with Gasteiger partial charge in [-0.05, 0) is 43.6 Å². The zero-order chi connectivity index (χ0) is 21.8. The maximum Gasteiger partial charge on any atom is 0.260 e. The summed E-state index contributed by atoms with van der Waals surface area (Å²) >= 11 is 0. The molecule has 0 saturated carbocycles. The lowest BCUT2D eigenvalue weighted by Gasteiger charge is -2.34. The Morgan fingerprint density at radius 2 is 1.57 bits per heavy atom. The molecular weight excluding hydrogens is 376 g/mol. The van der Waals surface area contributed by atoms with Crippen LogP contribution in [-0.4, -0.2) is 85.6 Å². The van der Waals surface area contributed by atoms with Gasteiger partial charge in [-0.25, -0.2) is 0 Å². The van der Waals surface area contributed by atoms with E-state index in [0.717, 1.165) is 77.5 Å². The van der Waals surface area contributed by atoms with Crippen LogP contribution in [0.3, 0.4) is 0 Å². The summed E-state index contributed by atoms with van der Waals surface area (Å²) < 4.78 is 5.74. The lowest BCUT2D eigenvalue weighted by Crippen LogP contribution is -2.46. The normalized spacial score (nSPS) is 18.6. The fraction of sp³-hybridized carbons (Fsp3) is 0.708. The van der Waals surface area contributed by atoms with Crippen LogP contribution < -0.4 is 10.1 Å². The first-order chi connectivity index (χ1) is 14.7. The maximum absolute atomic E-state index is 12.4. The van der Waals surface area contributed by atoms with E-state index in [4.69, 9.17) is 4.74 Å². The van der Waals surface area contributed by atoms with Crippen LogP contribution in [0, 0.1) is 0 Å². The van der Waals surface area contributed by atoms with E-state index in [1.807, 2.05) is 30.9 Å². The Morgan fingerprint density at radius 3 is 2.13 bits per heavy atom. The predicted octanol–water partition coefficient (Wildman–Crippen LogP) is 2.83. The van der Waals surface area contributed by atoms with Gasteiger partial charge >= 0.3 is 0 Å². The number of nitrogens with one attached hydrogen (secondary N) is 1. The van der Waals surface area contributed by atoms with Gasteiger partial charge in [0, 0.05) is 51.9 Å². The summed E-state index contributed by atoms with van der Waals surface area (Å²) in [5.41, 5.74) is 1.30. The number of carbonyl (C=O) groups is 1. The van der Waals surface area contributed by atoms with Crippen LogP contribution in [0.2, 0.25) is 0 Å². The maximum atomic E-state index is 12.4. The van der Waals surface area contributed by atoms with Gasteiger partial charge in [-0.3, -0.25) is 9.69 Å². The van der Waals surface area contributed by atoms with Gasteiger partial charge in [0.15, 0.2) is 6.61 Å². The van der Waals surface area contributed by atoms with E-state index in [2.05, 4.69) is 41.1 Å². The number of amides is 1. The Balaban J connectivity index is 0.00000155. The molecule has 0 atom stereocenters. The van der Waals surface area contributed by atoms with Crippen LogP contribution >= 0.6 is 0 Å². The van der Waals surface area contributed by atoms with E-state index in [0.29, 0.717) is 6.04 Å². The molecule has 170 valence electrons. The van der Waals surface area contributed by atoms with Crippen LogP contribution in [0.15, 0.2) is 24.3 Å². The molecule has 1 aromatic rings. The van der Waals surface area contributed by atoms with Crippen molar-refractivity contribution in [3.8, 4) is 5.75 Å². The Bertz CT molecular complexity index is 592. The number of piperidine rings is 1. The Kier molecular flexibility index (Phi) is 11.2. The van der Waals surface area contributed by atoms with E-state index < -0.39 is 0 Å². The minimum absolute atomic E-state index is 0.0906. The number of rotatable bonds is 8. The van der Waals surface area contributed by atoms with Crippen molar-refractivity contribution in [2.24, 2.45) is 0 Å². The highest BCUT2D eigenvalue weighted by Gasteiger charge is 2.22. The number of benzene rings is 1. The minimum atomic E-state index is 0.0906. The van der Waals surface area contributed by atoms with Crippen molar-refractivity contribution < 1.29 is 9.53 Å². The molecule has 0 radical (unpaired) electrons. The topological polar surface area (TPSA) is 48.1 Å². The van der Waals surface area contributed by atoms with Gasteiger partial charge in [-0.2, -0.15) is 0 Å². The lowest BCUT2D eigenvalue weighted by atomic mass is 10.1. The molecule has 2 saturated heterocycles. The molecule has 6 heteroatoms. The number of hydrogen-bond donors (Lipinski definition) is 1. The highest BCUT2D eigenvalue weighted by Crippen LogP contribution is 2.16. The Hall–Kier alpha value is -1.63. The monoisotopic (exact) mass is 418 g/mol. The first-order valence-electron chi connectivity index (χ1n) is 11.9. The first-order valence-corrected chi connectivity index (χ1v) is 11.9. The van der Waals surface area contributed by atoms with E-state index in [1.54, 1.807) is 0 Å². The van der Waals surface area contributed by atoms with Crippen molar-refractivity contribution in [3.63, 3.8) is 0 Å². The van der Waals surface area contributed by atoms with Gasteiger partial charge in [0.1, 0.15) is 5.75 Å². The number of likely N-dealkylation sites (N-methyl/N-ethyl adjacent to an activating group) is 1. The Morgan fingerprint density at radius 1 is 0.967 bits per heavy atom. The second-order valence-electron chi connectivity index (χ2n) is 7.86. The van der Waals surface area contributed by atoms with Crippen molar-refractivity contribution in [1.29, 1.82) is 0 Å². The van der Waals surface area contributed by atoms with Crippen LogP contribution in [0.5, 0.6) is 5.75 Å². The summed E-state index contributed by atoms with van der Waals surface area (Å²) in [4.78, 5) is 19.3. The lowest BCUT2D eigenvalue weighted by molar-refractivity contribution is -0.134. The second-order valence-corrected chi connectivity index (χ2v) is 7.86. The second kappa shape index (κ2) is 13.6. The number of ether oxygens (including phenoxy) is 1. The molecule has 1 amide bonds. The summed E-state index contributed by atoms with van der Waals surface area (Å²) in [5, 5.41) is 3.47. The Labute approximate surface area is 183 Å². The number of carbonyl (C=O) groups excluding carboxylic acids is 1. The summed E-state index contributed by atoms with van der Waals surface area (Å²) in [6.45, 7) is 17.8. The van der Waals surface area contributed by atoms with Gasteiger partial charge in [-0.1, -0.05) is 39.8 Å². The molecule has 2 aliphatic rings. The third-order valence-electron chi connectivity index (χ3n) is 5.94. The third-order valence-corrected chi connectivity index (χ3v) is 5.94. The molecule has 0 bridgehead atoms. The molecular formula is C24H42N4O2. The fourth-order valence-electron chi connectivity index (χ4n) is 4.07. The van der Waals surface area contributed by atoms with Crippen LogP contribution in [0.4, 0.5) is 0 Å². The number of piperazine rings is 1. The first kappa shape index (κ1) is 24.6. The van der Waals surface area contributed by atoms with Crippen LogP contribution in [-0.2, 0) is 11.3 Å². The minimum Gasteiger partial charge on any atom is -0.484 e. The van der Waals surface area contributed by atoms with E-state index >= 15 is 0 Å². The predicted molar refractivity (Wildman–Crippen MR) is 124 cm³/mol. The molecule has 0 spiro atoms. The molecule has 0 aliphatic carbocycles. The van der Waals surface area contributed by atoms with Crippen molar-refractivity contribution in [3.05, 3.63) is 29.8 Å². The molecule has 0 unspecified atom stereocenters. The van der Waals surface area contributed by atoms with Gasteiger partial charge in [0.2, 0.25) is 0 Å². The van der Waals surface area contributed by atoms with Gasteiger partial charge < -0.3 is 19.9 Å². The zero-order valence-corrected chi connectivity index (χ0v) is 19.5. The van der Waals surface area contributed by atoms with Gasteiger partial charge in [0.25, 0.3) is 5.91 Å². The molecule has 2 fully saturated rings. The third kappa shape index (κ3) is 7.89. The summed E-state index contributed by atoms with van der Waals surface area (Å²) in [7, 11) is 0. The molecule has 0 aromatic heterocycles. The van der Waals surface area contributed by atoms with Crippen molar-refractivity contribution >= 4 is 5.91 Å². The molecule has 30 heavy (non-hydrogen) atoms. The molecule has 1 aromatic carbocycles. The summed E-state index contributed by atoms with van der Waals surface area (Å²) in [6, 6.07) is 8.76. The standard InChI is InChI=1S/C22H36N4O2.C2H6/c1-3-23-20-9-11-26(12-10-20)22(27)18-28-21-7-5-19(6-8-21)17-25-15-13-24(4-2)14-16-25;1-2/h5-8,20,23H,3-4,9-18H2,1-2H3;1-2H3. The fourth-order valence-corrected chi connectivity index (χ4v) is 4.07. The molecule has 6 nitrogen and oxygen atoms in total. The zero-order valence-electron chi connectivity index (χ0n) is 19.5. The molecule has 2 aliphatic heterocycles. The molecule has 2 heterocycles. The largest absolute Gasteiger partial charge is 0.484 e. The number of nitrogens with zero attached hydrogens (tertiary/aromatic N) is 3. The van der Waals surface area contributed by atoms with Crippen molar-refractivity contribution in [2.75, 3.05) is 59.0 Å². The number of likely N-dealkylation sites (tertiary alicyclic amines) is 1. The summed E-state index contributed by atoms with van der Waals surface area (Å²) in [6.07, 6.45) is 2.06. The smallest absolute Gasteiger partial charge is 0.260 e. The van der Waals surface area contributed by atoms with E-state index in [1.165, 1.54) is 5.56 Å². The van der Waals surface area contributed by atoms with E-state index in [-0.39, 0.29) is 12.5 Å². The van der Waals surface area contributed by atoms with E-state index in [9.17, 15) is 4.79 Å². The van der Waals surface area contributed by atoms with Crippen molar-refractivity contribution in [1.82, 2.24) is 20.0 Å². The molecule has 3 rings (SSSR count). The van der Waals surface area contributed by atoms with Crippen LogP contribution in [0.25, 0.3) is 0 Å². The molecule has 1 N–H and O–H groups in total. The van der Waals surface area contributed by atoms with Gasteiger partial charge in [0.05, 0.1) is 0 Å². The average Bonchev–Trinajstić information content (AvgIpc) is 2.81. The van der Waals surface area contributed by atoms with Crippen LogP contribution in [0.1, 0.15) is 46.1 Å². The highest BCUT2D eigenvalue weighted by atomic mass is 16.5. The SMILES string of the molecule is CC.CCNC1CCN(C(=O)COc2ccc(CN3CCN(CC)CC3)cc2)CC1. The van der Waals surface area contributed by atoms with Crippen molar-refractivity contribution in [2.45, 2.75) is 53.1 Å². The van der Waals surface area contributed by atoms with Gasteiger partial charge in [-0.15, -0.1) is 0 Å². The average molecular weight is 419 g/mol. The summed E-state index contributed by atoms with van der Waals surface area (Å²) in [5.74, 6) is 0.864. The highest BCUT2D eigenvalue weighted by molar-refractivity contribution is 5.77.